The molecule has 2 heterocycles. The van der Waals surface area contributed by atoms with Crippen LogP contribution in [0.4, 0.5) is 0 Å². The van der Waals surface area contributed by atoms with E-state index >= 15 is 0 Å². The number of carbonyl (C=O) groups is 1. The molecule has 6 nitrogen and oxygen atoms in total. The lowest BCUT2D eigenvalue weighted by Crippen LogP contribution is -2.56. The second-order valence-electron chi connectivity index (χ2n) is 5.22. The van der Waals surface area contributed by atoms with Gasteiger partial charge in [-0.25, -0.2) is 5.48 Å². The minimum atomic E-state index is -0.751. The average Bonchev–Trinajstić information content (AvgIpc) is 3.23. The summed E-state index contributed by atoms with van der Waals surface area (Å²) in [5, 5.41) is 16.2. The molecule has 1 aromatic carbocycles. The number of carbonyl (C=O) groups excluding carboxylic acids is 1. The SMILES string of the molecule is O=C(NO)C1(NCc2cc(-c3ccccc3)no2)CCSC1. The highest BCUT2D eigenvalue weighted by molar-refractivity contribution is 7.99. The first-order chi connectivity index (χ1) is 10.7. The highest BCUT2D eigenvalue weighted by atomic mass is 32.2. The van der Waals surface area contributed by atoms with Crippen LogP contribution in [0.1, 0.15) is 12.2 Å². The van der Waals surface area contributed by atoms with Crippen LogP contribution in [-0.2, 0) is 11.3 Å². The van der Waals surface area contributed by atoms with E-state index in [9.17, 15) is 4.79 Å². The van der Waals surface area contributed by atoms with Crippen molar-refractivity contribution in [3.63, 3.8) is 0 Å². The summed E-state index contributed by atoms with van der Waals surface area (Å²) < 4.78 is 5.32. The summed E-state index contributed by atoms with van der Waals surface area (Å²) in [6.45, 7) is 0.383. The van der Waals surface area contributed by atoms with Crippen LogP contribution in [0.3, 0.4) is 0 Å². The molecule has 3 rings (SSSR count). The van der Waals surface area contributed by atoms with Gasteiger partial charge in [-0.3, -0.25) is 15.3 Å². The smallest absolute Gasteiger partial charge is 0.264 e. The number of rotatable bonds is 5. The number of amides is 1. The Balaban J connectivity index is 1.69. The third-order valence-electron chi connectivity index (χ3n) is 3.79. The largest absolute Gasteiger partial charge is 0.359 e. The molecule has 116 valence electrons. The molecule has 1 aromatic heterocycles. The van der Waals surface area contributed by atoms with E-state index in [1.54, 1.807) is 17.2 Å². The Kier molecular flexibility index (Phi) is 4.47. The number of benzene rings is 1. The van der Waals surface area contributed by atoms with Crippen LogP contribution in [0.5, 0.6) is 0 Å². The van der Waals surface area contributed by atoms with E-state index in [-0.39, 0.29) is 0 Å². The van der Waals surface area contributed by atoms with Gasteiger partial charge in [-0.2, -0.15) is 11.8 Å². The van der Waals surface area contributed by atoms with Crippen molar-refractivity contribution in [2.24, 2.45) is 0 Å². The summed E-state index contributed by atoms with van der Waals surface area (Å²) in [5.41, 5.74) is 2.75. The molecule has 0 aliphatic carbocycles. The molecule has 3 N–H and O–H groups in total. The topological polar surface area (TPSA) is 87.4 Å². The van der Waals surface area contributed by atoms with Gasteiger partial charge in [-0.15, -0.1) is 0 Å². The lowest BCUT2D eigenvalue weighted by Gasteiger charge is -2.26. The molecule has 2 aromatic rings. The number of thioether (sulfide) groups is 1. The van der Waals surface area contributed by atoms with Crippen molar-refractivity contribution >= 4 is 17.7 Å². The molecule has 1 aliphatic heterocycles. The van der Waals surface area contributed by atoms with Gasteiger partial charge in [0.2, 0.25) is 0 Å². The Labute approximate surface area is 132 Å². The predicted octanol–water partition coefficient (Wildman–Crippen LogP) is 1.81. The number of aromatic nitrogens is 1. The van der Waals surface area contributed by atoms with Crippen molar-refractivity contribution in [3.05, 3.63) is 42.2 Å². The monoisotopic (exact) mass is 319 g/mol. The van der Waals surface area contributed by atoms with Crippen LogP contribution in [0.15, 0.2) is 40.9 Å². The molecule has 1 amide bonds. The van der Waals surface area contributed by atoms with Crippen LogP contribution >= 0.6 is 11.8 Å². The van der Waals surface area contributed by atoms with Crippen molar-refractivity contribution in [3.8, 4) is 11.3 Å². The summed E-state index contributed by atoms with van der Waals surface area (Å²) in [6.07, 6.45) is 0.670. The van der Waals surface area contributed by atoms with Gasteiger partial charge >= 0.3 is 0 Å². The molecule has 0 radical (unpaired) electrons. The van der Waals surface area contributed by atoms with Crippen LogP contribution in [0, 0.1) is 0 Å². The van der Waals surface area contributed by atoms with Crippen molar-refractivity contribution in [2.75, 3.05) is 11.5 Å². The van der Waals surface area contributed by atoms with Gasteiger partial charge in [-0.1, -0.05) is 35.5 Å². The van der Waals surface area contributed by atoms with E-state index in [2.05, 4.69) is 10.5 Å². The Morgan fingerprint density at radius 1 is 1.41 bits per heavy atom. The van der Waals surface area contributed by atoms with E-state index < -0.39 is 11.4 Å². The van der Waals surface area contributed by atoms with Crippen LogP contribution in [0.25, 0.3) is 11.3 Å². The molecule has 1 unspecified atom stereocenters. The van der Waals surface area contributed by atoms with Crippen LogP contribution in [-0.4, -0.2) is 33.3 Å². The molecule has 0 saturated carbocycles. The normalized spacial score (nSPS) is 21.0. The number of nitrogens with zero attached hydrogens (tertiary/aromatic N) is 1. The maximum atomic E-state index is 11.9. The van der Waals surface area contributed by atoms with Crippen molar-refractivity contribution in [1.29, 1.82) is 0 Å². The van der Waals surface area contributed by atoms with E-state index in [4.69, 9.17) is 9.73 Å². The number of hydrogen-bond acceptors (Lipinski definition) is 6. The molecular weight excluding hydrogens is 302 g/mol. The zero-order valence-corrected chi connectivity index (χ0v) is 12.7. The minimum absolute atomic E-state index is 0.383. The third kappa shape index (κ3) is 3.01. The molecule has 7 heteroatoms. The van der Waals surface area contributed by atoms with Crippen molar-refractivity contribution < 1.29 is 14.5 Å². The Hall–Kier alpha value is -1.83. The molecule has 1 fully saturated rings. The van der Waals surface area contributed by atoms with E-state index in [0.717, 1.165) is 17.0 Å². The first-order valence-corrected chi connectivity index (χ1v) is 8.17. The number of nitrogens with one attached hydrogen (secondary N) is 2. The summed E-state index contributed by atoms with van der Waals surface area (Å²) >= 11 is 1.68. The molecule has 0 spiro atoms. The maximum Gasteiger partial charge on any atom is 0.264 e. The highest BCUT2D eigenvalue weighted by Gasteiger charge is 2.41. The maximum absolute atomic E-state index is 11.9. The Bertz CT molecular complexity index is 638. The highest BCUT2D eigenvalue weighted by Crippen LogP contribution is 2.29. The summed E-state index contributed by atoms with van der Waals surface area (Å²) in [7, 11) is 0. The second-order valence-corrected chi connectivity index (χ2v) is 6.33. The average molecular weight is 319 g/mol. The zero-order valence-electron chi connectivity index (χ0n) is 11.9. The third-order valence-corrected chi connectivity index (χ3v) is 4.98. The first-order valence-electron chi connectivity index (χ1n) is 7.02. The predicted molar refractivity (Wildman–Crippen MR) is 83.4 cm³/mol. The fraction of sp³-hybridized carbons (Fsp3) is 0.333. The second kappa shape index (κ2) is 6.51. The fourth-order valence-corrected chi connectivity index (χ4v) is 3.83. The molecule has 22 heavy (non-hydrogen) atoms. The lowest BCUT2D eigenvalue weighted by molar-refractivity contribution is -0.135. The van der Waals surface area contributed by atoms with E-state index in [0.29, 0.717) is 24.5 Å². The summed E-state index contributed by atoms with van der Waals surface area (Å²) in [4.78, 5) is 11.9. The van der Waals surface area contributed by atoms with Crippen molar-refractivity contribution in [2.45, 2.75) is 18.5 Å². The van der Waals surface area contributed by atoms with Gasteiger partial charge < -0.3 is 4.52 Å². The zero-order chi connectivity index (χ0) is 15.4. The quantitative estimate of drug-likeness (QED) is 0.575. The van der Waals surface area contributed by atoms with Gasteiger partial charge in [0.05, 0.1) is 6.54 Å². The molecule has 1 atom stereocenters. The van der Waals surface area contributed by atoms with Gasteiger partial charge in [0.25, 0.3) is 5.91 Å². The van der Waals surface area contributed by atoms with Gasteiger partial charge in [0.1, 0.15) is 11.2 Å². The summed E-state index contributed by atoms with van der Waals surface area (Å²) in [5.74, 6) is 1.76. The molecule has 1 aliphatic rings. The molecule has 1 saturated heterocycles. The van der Waals surface area contributed by atoms with Crippen LogP contribution in [0.2, 0.25) is 0 Å². The Morgan fingerprint density at radius 3 is 2.91 bits per heavy atom. The minimum Gasteiger partial charge on any atom is -0.359 e. The summed E-state index contributed by atoms with van der Waals surface area (Å²) in [6, 6.07) is 11.6. The fourth-order valence-electron chi connectivity index (χ4n) is 2.47. The van der Waals surface area contributed by atoms with Gasteiger partial charge in [0.15, 0.2) is 5.76 Å². The van der Waals surface area contributed by atoms with E-state index in [1.165, 1.54) is 0 Å². The molecular formula is C15H17N3O3S. The Morgan fingerprint density at radius 2 is 2.23 bits per heavy atom. The standard InChI is InChI=1S/C15H17N3O3S/c19-14(17-20)15(6-7-22-10-15)16-9-12-8-13(18-21-12)11-4-2-1-3-5-11/h1-5,8,16,20H,6-7,9-10H2,(H,17,19). The van der Waals surface area contributed by atoms with E-state index in [1.807, 2.05) is 36.4 Å². The number of hydrogen-bond donors (Lipinski definition) is 3. The first kappa shape index (κ1) is 15.1. The van der Waals surface area contributed by atoms with Crippen LogP contribution < -0.4 is 10.8 Å². The lowest BCUT2D eigenvalue weighted by atomic mass is 9.98. The molecule has 0 bridgehead atoms. The number of hydroxylamine groups is 1. The van der Waals surface area contributed by atoms with Gasteiger partial charge in [-0.05, 0) is 12.2 Å². The van der Waals surface area contributed by atoms with Crippen molar-refractivity contribution in [1.82, 2.24) is 16.0 Å². The van der Waals surface area contributed by atoms with Gasteiger partial charge in [0, 0.05) is 17.4 Å².